The lowest BCUT2D eigenvalue weighted by Gasteiger charge is -2.19. The monoisotopic (exact) mass is 435 g/mol. The van der Waals surface area contributed by atoms with Crippen molar-refractivity contribution >= 4 is 16.9 Å². The van der Waals surface area contributed by atoms with E-state index in [4.69, 9.17) is 9.72 Å². The predicted octanol–water partition coefficient (Wildman–Crippen LogP) is 5.51. The maximum atomic E-state index is 12.2. The Kier molecular flexibility index (Phi) is 7.27. The summed E-state index contributed by atoms with van der Waals surface area (Å²) < 4.78 is 8.24. The van der Waals surface area contributed by atoms with Crippen LogP contribution in [0.3, 0.4) is 0 Å². The van der Waals surface area contributed by atoms with E-state index >= 15 is 0 Å². The molecular weight excluding hydrogens is 398 g/mol. The molecule has 0 bridgehead atoms. The van der Waals surface area contributed by atoms with Crippen molar-refractivity contribution in [2.75, 3.05) is 13.2 Å². The van der Waals surface area contributed by atoms with E-state index in [0.29, 0.717) is 19.6 Å². The smallest absolute Gasteiger partial charge is 0.225 e. The van der Waals surface area contributed by atoms with Gasteiger partial charge >= 0.3 is 0 Å². The number of amides is 1. The standard InChI is InChI=1S/C27H37N3O2/c1-26(2,3)20-12-14-21(15-13-20)32-19-9-18-30-23-11-8-7-10-22(23)29-24(30)16-17-28-25(31)27(4,5)6/h7-8,10-15H,9,16-19H2,1-6H3,(H,28,31). The van der Waals surface area contributed by atoms with E-state index in [1.165, 1.54) is 5.56 Å². The quantitative estimate of drug-likeness (QED) is 0.475. The highest BCUT2D eigenvalue weighted by Crippen LogP contribution is 2.24. The van der Waals surface area contributed by atoms with Crippen LogP contribution < -0.4 is 10.1 Å². The molecule has 1 heterocycles. The zero-order valence-electron chi connectivity index (χ0n) is 20.4. The second-order valence-corrected chi connectivity index (χ2v) is 10.4. The van der Waals surface area contributed by atoms with Gasteiger partial charge in [-0.25, -0.2) is 4.98 Å². The first-order valence-corrected chi connectivity index (χ1v) is 11.5. The SMILES string of the molecule is CC(C)(C)C(=O)NCCc1nc2ccccc2n1CCCOc1ccc(C(C)(C)C)cc1. The maximum absolute atomic E-state index is 12.2. The van der Waals surface area contributed by atoms with Crippen LogP contribution >= 0.6 is 0 Å². The number of fused-ring (bicyclic) bond motifs is 1. The molecule has 1 amide bonds. The summed E-state index contributed by atoms with van der Waals surface area (Å²) in [4.78, 5) is 17.0. The predicted molar refractivity (Wildman–Crippen MR) is 131 cm³/mol. The van der Waals surface area contributed by atoms with Crippen LogP contribution in [0.2, 0.25) is 0 Å². The van der Waals surface area contributed by atoms with Gasteiger partial charge < -0.3 is 14.6 Å². The number of para-hydroxylation sites is 2. The molecule has 0 aliphatic rings. The van der Waals surface area contributed by atoms with E-state index in [-0.39, 0.29) is 16.7 Å². The molecule has 0 saturated carbocycles. The fourth-order valence-corrected chi connectivity index (χ4v) is 3.58. The number of nitrogens with zero attached hydrogens (tertiary/aromatic N) is 2. The van der Waals surface area contributed by atoms with E-state index in [2.05, 4.69) is 61.0 Å². The van der Waals surface area contributed by atoms with Gasteiger partial charge in [0.2, 0.25) is 5.91 Å². The first kappa shape index (κ1) is 23.8. The van der Waals surface area contributed by atoms with Crippen molar-refractivity contribution in [3.8, 4) is 5.75 Å². The summed E-state index contributed by atoms with van der Waals surface area (Å²) in [6, 6.07) is 16.6. The molecule has 32 heavy (non-hydrogen) atoms. The zero-order valence-corrected chi connectivity index (χ0v) is 20.4. The van der Waals surface area contributed by atoms with Crippen LogP contribution in [-0.2, 0) is 23.2 Å². The Morgan fingerprint density at radius 1 is 1.00 bits per heavy atom. The largest absolute Gasteiger partial charge is 0.494 e. The van der Waals surface area contributed by atoms with Gasteiger partial charge in [-0.15, -0.1) is 0 Å². The number of ether oxygens (including phenoxy) is 1. The van der Waals surface area contributed by atoms with E-state index in [9.17, 15) is 4.79 Å². The lowest BCUT2D eigenvalue weighted by Crippen LogP contribution is -2.36. The van der Waals surface area contributed by atoms with Crippen LogP contribution in [0.4, 0.5) is 0 Å². The summed E-state index contributed by atoms with van der Waals surface area (Å²) in [5, 5.41) is 3.03. The van der Waals surface area contributed by atoms with Gasteiger partial charge in [-0.2, -0.15) is 0 Å². The third-order valence-electron chi connectivity index (χ3n) is 5.56. The highest BCUT2D eigenvalue weighted by atomic mass is 16.5. The van der Waals surface area contributed by atoms with Crippen LogP contribution in [-0.4, -0.2) is 28.6 Å². The Hall–Kier alpha value is -2.82. The summed E-state index contributed by atoms with van der Waals surface area (Å²) in [6.07, 6.45) is 1.58. The zero-order chi connectivity index (χ0) is 23.4. The fourth-order valence-electron chi connectivity index (χ4n) is 3.58. The number of benzene rings is 2. The van der Waals surface area contributed by atoms with Crippen molar-refractivity contribution in [3.05, 3.63) is 59.9 Å². The highest BCUT2D eigenvalue weighted by molar-refractivity contribution is 5.81. The molecule has 3 rings (SSSR count). The number of hydrogen-bond acceptors (Lipinski definition) is 3. The van der Waals surface area contributed by atoms with Crippen molar-refractivity contribution in [2.45, 2.75) is 66.3 Å². The Labute approximate surface area is 192 Å². The molecule has 5 nitrogen and oxygen atoms in total. The molecule has 0 radical (unpaired) electrons. The van der Waals surface area contributed by atoms with Crippen LogP contribution in [0.1, 0.15) is 59.4 Å². The van der Waals surface area contributed by atoms with Crippen molar-refractivity contribution in [3.63, 3.8) is 0 Å². The fraction of sp³-hybridized carbons (Fsp3) is 0.481. The average Bonchev–Trinajstić information content (AvgIpc) is 3.07. The van der Waals surface area contributed by atoms with E-state index in [1.54, 1.807) is 0 Å². The molecule has 1 aromatic heterocycles. The molecular formula is C27H37N3O2. The number of rotatable bonds is 8. The number of hydrogen-bond donors (Lipinski definition) is 1. The lowest BCUT2D eigenvalue weighted by atomic mass is 9.87. The van der Waals surface area contributed by atoms with E-state index < -0.39 is 0 Å². The van der Waals surface area contributed by atoms with Gasteiger partial charge in [0, 0.05) is 24.9 Å². The Bertz CT molecular complexity index is 1040. The molecule has 2 aromatic carbocycles. The van der Waals surface area contributed by atoms with Gasteiger partial charge in [0.25, 0.3) is 0 Å². The molecule has 0 aliphatic carbocycles. The van der Waals surface area contributed by atoms with Crippen molar-refractivity contribution in [2.24, 2.45) is 5.41 Å². The lowest BCUT2D eigenvalue weighted by molar-refractivity contribution is -0.128. The summed E-state index contributed by atoms with van der Waals surface area (Å²) in [6.45, 7) is 14.5. The van der Waals surface area contributed by atoms with Crippen molar-refractivity contribution in [1.82, 2.24) is 14.9 Å². The average molecular weight is 436 g/mol. The third kappa shape index (κ3) is 6.12. The summed E-state index contributed by atoms with van der Waals surface area (Å²) >= 11 is 0. The van der Waals surface area contributed by atoms with Gasteiger partial charge in [-0.1, -0.05) is 65.8 Å². The number of carbonyl (C=O) groups is 1. The maximum Gasteiger partial charge on any atom is 0.225 e. The molecule has 0 aliphatic heterocycles. The number of aromatic nitrogens is 2. The minimum atomic E-state index is -0.386. The van der Waals surface area contributed by atoms with Crippen molar-refractivity contribution < 1.29 is 9.53 Å². The summed E-state index contributed by atoms with van der Waals surface area (Å²) in [5.41, 5.74) is 3.17. The molecule has 0 atom stereocenters. The first-order chi connectivity index (χ1) is 15.1. The van der Waals surface area contributed by atoms with Crippen LogP contribution in [0.15, 0.2) is 48.5 Å². The second kappa shape index (κ2) is 9.76. The Morgan fingerprint density at radius 3 is 2.34 bits per heavy atom. The van der Waals surface area contributed by atoms with Gasteiger partial charge in [0.1, 0.15) is 11.6 Å². The number of nitrogens with one attached hydrogen (secondary N) is 1. The van der Waals surface area contributed by atoms with Gasteiger partial charge in [0.05, 0.1) is 17.6 Å². The molecule has 5 heteroatoms. The number of imidazole rings is 1. The van der Waals surface area contributed by atoms with Gasteiger partial charge in [-0.3, -0.25) is 4.79 Å². The molecule has 3 aromatic rings. The topological polar surface area (TPSA) is 56.2 Å². The minimum absolute atomic E-state index is 0.0611. The van der Waals surface area contributed by atoms with Crippen LogP contribution in [0.25, 0.3) is 11.0 Å². The Morgan fingerprint density at radius 2 is 1.69 bits per heavy atom. The summed E-state index contributed by atoms with van der Waals surface area (Å²) in [7, 11) is 0. The summed E-state index contributed by atoms with van der Waals surface area (Å²) in [5.74, 6) is 1.96. The second-order valence-electron chi connectivity index (χ2n) is 10.4. The minimum Gasteiger partial charge on any atom is -0.494 e. The molecule has 1 N–H and O–H groups in total. The van der Waals surface area contributed by atoms with E-state index in [1.807, 2.05) is 39.0 Å². The normalized spacial score (nSPS) is 12.2. The molecule has 0 unspecified atom stereocenters. The molecule has 0 spiro atoms. The van der Waals surface area contributed by atoms with Crippen molar-refractivity contribution in [1.29, 1.82) is 0 Å². The molecule has 0 saturated heterocycles. The van der Waals surface area contributed by atoms with Crippen LogP contribution in [0, 0.1) is 5.41 Å². The number of aryl methyl sites for hydroxylation is 1. The third-order valence-corrected chi connectivity index (χ3v) is 5.56. The van der Waals surface area contributed by atoms with E-state index in [0.717, 1.165) is 35.6 Å². The first-order valence-electron chi connectivity index (χ1n) is 11.5. The Balaban J connectivity index is 1.60. The molecule has 172 valence electrons. The van der Waals surface area contributed by atoms with Gasteiger partial charge in [0.15, 0.2) is 0 Å². The molecule has 0 fully saturated rings. The number of carbonyl (C=O) groups excluding carboxylic acids is 1. The van der Waals surface area contributed by atoms with Gasteiger partial charge in [-0.05, 0) is 41.7 Å². The highest BCUT2D eigenvalue weighted by Gasteiger charge is 2.21. The van der Waals surface area contributed by atoms with Crippen LogP contribution in [0.5, 0.6) is 5.75 Å².